The third-order valence-electron chi connectivity index (χ3n) is 2.92. The van der Waals surface area contributed by atoms with E-state index in [0.717, 1.165) is 32.0 Å². The molecule has 14 heavy (non-hydrogen) atoms. The van der Waals surface area contributed by atoms with Gasteiger partial charge in [0.2, 0.25) is 0 Å². The summed E-state index contributed by atoms with van der Waals surface area (Å²) in [6.45, 7) is 2.00. The van der Waals surface area contributed by atoms with E-state index in [2.05, 4.69) is 9.62 Å². The Balaban J connectivity index is 1.77. The first kappa shape index (κ1) is 10.4. The van der Waals surface area contributed by atoms with Crippen molar-refractivity contribution in [3.63, 3.8) is 0 Å². The van der Waals surface area contributed by atoms with Gasteiger partial charge in [-0.15, -0.1) is 0 Å². The van der Waals surface area contributed by atoms with E-state index in [0.29, 0.717) is 0 Å². The third-order valence-corrected chi connectivity index (χ3v) is 3.59. The van der Waals surface area contributed by atoms with Crippen LogP contribution in [-0.2, 0) is 10.2 Å². The Labute approximate surface area is 84.8 Å². The third kappa shape index (κ3) is 2.91. The Bertz CT molecular complexity index is 292. The first-order valence-corrected chi connectivity index (χ1v) is 6.63. The van der Waals surface area contributed by atoms with Crippen LogP contribution in [0.5, 0.6) is 0 Å². The van der Waals surface area contributed by atoms with Crippen molar-refractivity contribution in [2.75, 3.05) is 13.1 Å². The molecule has 0 aromatic rings. The topological polar surface area (TPSA) is 75.4 Å². The number of piperidine rings is 1. The molecule has 5 nitrogen and oxygen atoms in total. The standard InChI is InChI=1S/C8H17N3O2S/c9-14(12,13)10-7-3-5-11(6-4-7)8-1-2-8/h7-8,10H,1-6H2,(H2,9,12,13). The van der Waals surface area contributed by atoms with Crippen molar-refractivity contribution in [1.82, 2.24) is 9.62 Å². The molecule has 0 aromatic carbocycles. The number of nitrogens with one attached hydrogen (secondary N) is 1. The highest BCUT2D eigenvalue weighted by atomic mass is 32.2. The molecular formula is C8H17N3O2S. The second kappa shape index (κ2) is 3.77. The Morgan fingerprint density at radius 3 is 2.14 bits per heavy atom. The lowest BCUT2D eigenvalue weighted by molar-refractivity contribution is 0.199. The quantitative estimate of drug-likeness (QED) is 0.666. The van der Waals surface area contributed by atoms with Crippen molar-refractivity contribution < 1.29 is 8.42 Å². The van der Waals surface area contributed by atoms with E-state index in [1.807, 2.05) is 0 Å². The molecule has 0 amide bonds. The lowest BCUT2D eigenvalue weighted by atomic mass is 10.1. The fourth-order valence-electron chi connectivity index (χ4n) is 2.05. The highest BCUT2D eigenvalue weighted by Crippen LogP contribution is 2.29. The second-order valence-electron chi connectivity index (χ2n) is 4.20. The number of likely N-dealkylation sites (tertiary alicyclic amines) is 1. The zero-order chi connectivity index (χ0) is 10.2. The van der Waals surface area contributed by atoms with Crippen molar-refractivity contribution in [2.45, 2.75) is 37.8 Å². The average molecular weight is 219 g/mol. The number of hydrogen-bond donors (Lipinski definition) is 2. The van der Waals surface area contributed by atoms with E-state index in [-0.39, 0.29) is 6.04 Å². The van der Waals surface area contributed by atoms with Crippen LogP contribution in [0.2, 0.25) is 0 Å². The summed E-state index contributed by atoms with van der Waals surface area (Å²) in [6, 6.07) is 0.824. The van der Waals surface area contributed by atoms with E-state index in [9.17, 15) is 8.42 Å². The number of hydrogen-bond acceptors (Lipinski definition) is 3. The summed E-state index contributed by atoms with van der Waals surface area (Å²) in [5.74, 6) is 0. The molecule has 6 heteroatoms. The van der Waals surface area contributed by atoms with Crippen LogP contribution in [0.1, 0.15) is 25.7 Å². The summed E-state index contributed by atoms with van der Waals surface area (Å²) in [7, 11) is -3.51. The highest BCUT2D eigenvalue weighted by molar-refractivity contribution is 7.87. The van der Waals surface area contributed by atoms with E-state index in [4.69, 9.17) is 5.14 Å². The number of rotatable bonds is 3. The summed E-state index contributed by atoms with van der Waals surface area (Å²) in [5.41, 5.74) is 0. The highest BCUT2D eigenvalue weighted by Gasteiger charge is 2.32. The second-order valence-corrected chi connectivity index (χ2v) is 5.53. The molecule has 82 valence electrons. The van der Waals surface area contributed by atoms with Gasteiger partial charge in [0.25, 0.3) is 10.2 Å². The van der Waals surface area contributed by atoms with Gasteiger partial charge in [0.15, 0.2) is 0 Å². The van der Waals surface area contributed by atoms with Gasteiger partial charge in [-0.2, -0.15) is 13.1 Å². The minimum atomic E-state index is -3.51. The van der Waals surface area contributed by atoms with Crippen LogP contribution in [0.4, 0.5) is 0 Å². The largest absolute Gasteiger partial charge is 0.300 e. The van der Waals surface area contributed by atoms with E-state index in [1.54, 1.807) is 0 Å². The van der Waals surface area contributed by atoms with Gasteiger partial charge in [0, 0.05) is 12.1 Å². The van der Waals surface area contributed by atoms with Crippen LogP contribution in [-0.4, -0.2) is 38.5 Å². The number of nitrogens with zero attached hydrogens (tertiary/aromatic N) is 1. The minimum Gasteiger partial charge on any atom is -0.300 e. The number of nitrogens with two attached hydrogens (primary N) is 1. The fraction of sp³-hybridized carbons (Fsp3) is 1.00. The Morgan fingerprint density at radius 1 is 1.14 bits per heavy atom. The van der Waals surface area contributed by atoms with Crippen LogP contribution in [0, 0.1) is 0 Å². The van der Waals surface area contributed by atoms with Gasteiger partial charge < -0.3 is 4.90 Å². The molecule has 0 radical (unpaired) electrons. The van der Waals surface area contributed by atoms with Crippen LogP contribution in [0.15, 0.2) is 0 Å². The zero-order valence-corrected chi connectivity index (χ0v) is 8.96. The molecule has 1 saturated carbocycles. The molecule has 0 unspecified atom stereocenters. The Kier molecular flexibility index (Phi) is 2.79. The van der Waals surface area contributed by atoms with Crippen LogP contribution in [0.3, 0.4) is 0 Å². The molecule has 1 aliphatic heterocycles. The molecule has 1 heterocycles. The average Bonchev–Trinajstić information content (AvgIpc) is 2.85. The maximum Gasteiger partial charge on any atom is 0.274 e. The molecule has 0 spiro atoms. The van der Waals surface area contributed by atoms with E-state index >= 15 is 0 Å². The van der Waals surface area contributed by atoms with Crippen LogP contribution < -0.4 is 9.86 Å². The van der Waals surface area contributed by atoms with E-state index in [1.165, 1.54) is 12.8 Å². The molecule has 2 aliphatic rings. The molecule has 3 N–H and O–H groups in total. The summed E-state index contributed by atoms with van der Waals surface area (Å²) < 4.78 is 24.0. The van der Waals surface area contributed by atoms with Gasteiger partial charge in [-0.3, -0.25) is 0 Å². The Hall–Kier alpha value is -0.170. The summed E-state index contributed by atoms with van der Waals surface area (Å²) >= 11 is 0. The molecule has 1 aliphatic carbocycles. The molecule has 2 rings (SSSR count). The maximum absolute atomic E-state index is 10.8. The molecule has 0 aromatic heterocycles. The predicted octanol–water partition coefficient (Wildman–Crippen LogP) is -0.594. The smallest absolute Gasteiger partial charge is 0.274 e. The van der Waals surface area contributed by atoms with Crippen LogP contribution >= 0.6 is 0 Å². The Morgan fingerprint density at radius 2 is 1.71 bits per heavy atom. The zero-order valence-electron chi connectivity index (χ0n) is 8.15. The van der Waals surface area contributed by atoms with Crippen molar-refractivity contribution >= 4 is 10.2 Å². The van der Waals surface area contributed by atoms with Crippen LogP contribution in [0.25, 0.3) is 0 Å². The molecule has 0 bridgehead atoms. The first-order chi connectivity index (χ1) is 6.54. The summed E-state index contributed by atoms with van der Waals surface area (Å²) in [4.78, 5) is 2.45. The lowest BCUT2D eigenvalue weighted by Gasteiger charge is -2.31. The lowest BCUT2D eigenvalue weighted by Crippen LogP contribution is -2.47. The maximum atomic E-state index is 10.8. The van der Waals surface area contributed by atoms with Gasteiger partial charge in [0.05, 0.1) is 0 Å². The minimum absolute atomic E-state index is 0.0417. The SMILES string of the molecule is NS(=O)(=O)NC1CCN(C2CC2)CC1. The normalized spacial score (nSPS) is 26.6. The van der Waals surface area contributed by atoms with Gasteiger partial charge in [-0.1, -0.05) is 0 Å². The predicted molar refractivity (Wildman–Crippen MR) is 53.9 cm³/mol. The van der Waals surface area contributed by atoms with Crippen molar-refractivity contribution in [1.29, 1.82) is 0 Å². The molecular weight excluding hydrogens is 202 g/mol. The fourth-order valence-corrected chi connectivity index (χ4v) is 2.75. The molecule has 0 atom stereocenters. The summed E-state index contributed by atoms with van der Waals surface area (Å²) in [5, 5.41) is 4.92. The molecule has 2 fully saturated rings. The van der Waals surface area contributed by atoms with Gasteiger partial charge in [0.1, 0.15) is 0 Å². The molecule has 1 saturated heterocycles. The van der Waals surface area contributed by atoms with Crippen molar-refractivity contribution in [2.24, 2.45) is 5.14 Å². The van der Waals surface area contributed by atoms with Gasteiger partial charge in [-0.25, -0.2) is 5.14 Å². The van der Waals surface area contributed by atoms with Gasteiger partial charge in [-0.05, 0) is 38.8 Å². The summed E-state index contributed by atoms with van der Waals surface area (Å²) in [6.07, 6.45) is 4.39. The first-order valence-electron chi connectivity index (χ1n) is 5.09. The van der Waals surface area contributed by atoms with Gasteiger partial charge >= 0.3 is 0 Å². The van der Waals surface area contributed by atoms with Crippen molar-refractivity contribution in [3.05, 3.63) is 0 Å². The van der Waals surface area contributed by atoms with Crippen molar-refractivity contribution in [3.8, 4) is 0 Å². The van der Waals surface area contributed by atoms with E-state index < -0.39 is 10.2 Å². The monoisotopic (exact) mass is 219 g/mol.